The summed E-state index contributed by atoms with van der Waals surface area (Å²) in [5.41, 5.74) is 1.24. The minimum absolute atomic E-state index is 0.855. The maximum atomic E-state index is 9.61. The average molecular weight is 166 g/mol. The van der Waals surface area contributed by atoms with Crippen LogP contribution in [0.2, 0.25) is 13.1 Å². The first kappa shape index (κ1) is 8.49. The van der Waals surface area contributed by atoms with Crippen molar-refractivity contribution in [2.75, 3.05) is 0 Å². The van der Waals surface area contributed by atoms with E-state index in [0.29, 0.717) is 0 Å². The molecule has 0 aliphatic rings. The highest BCUT2D eigenvalue weighted by Crippen LogP contribution is 2.07. The Hall–Kier alpha value is -0.603. The van der Waals surface area contributed by atoms with Crippen molar-refractivity contribution < 1.29 is 4.80 Å². The molecule has 1 N–H and O–H groups in total. The molecule has 60 valence electrons. The van der Waals surface area contributed by atoms with Crippen LogP contribution < -0.4 is 0 Å². The van der Waals surface area contributed by atoms with Crippen molar-refractivity contribution >= 4 is 8.32 Å². The predicted molar refractivity (Wildman–Crippen MR) is 49.8 cm³/mol. The Morgan fingerprint density at radius 2 is 1.73 bits per heavy atom. The molecular weight excluding hydrogens is 152 g/mol. The molecule has 0 saturated heterocycles. The van der Waals surface area contributed by atoms with Gasteiger partial charge in [0.25, 0.3) is 0 Å². The third kappa shape index (κ3) is 3.35. The summed E-state index contributed by atoms with van der Waals surface area (Å²) in [6.45, 7) is 3.92. The number of rotatable bonds is 2. The van der Waals surface area contributed by atoms with Crippen molar-refractivity contribution in [3.63, 3.8) is 0 Å². The highest BCUT2D eigenvalue weighted by atomic mass is 28.4. The molecular formula is C9H14OSi. The number of hydrogen-bond donors (Lipinski definition) is 1. The van der Waals surface area contributed by atoms with Gasteiger partial charge < -0.3 is 4.80 Å². The Balaban J connectivity index is 2.66. The largest absolute Gasteiger partial charge is 0.432 e. The van der Waals surface area contributed by atoms with Gasteiger partial charge in [-0.15, -0.1) is 0 Å². The molecule has 0 radical (unpaired) electrons. The first-order valence-corrected chi connectivity index (χ1v) is 7.00. The lowest BCUT2D eigenvalue weighted by atomic mass is 10.2. The summed E-state index contributed by atoms with van der Waals surface area (Å²) in [6.07, 6.45) is 0. The van der Waals surface area contributed by atoms with Gasteiger partial charge in [-0.3, -0.25) is 0 Å². The van der Waals surface area contributed by atoms with E-state index < -0.39 is 8.32 Å². The lowest BCUT2D eigenvalue weighted by molar-refractivity contribution is 0.548. The van der Waals surface area contributed by atoms with E-state index in [0.717, 1.165) is 6.04 Å². The minimum atomic E-state index is -1.90. The molecule has 0 spiro atoms. The molecule has 0 fully saturated rings. The molecule has 1 nitrogen and oxygen atoms in total. The summed E-state index contributed by atoms with van der Waals surface area (Å²) in [6, 6.07) is 11.0. The maximum Gasteiger partial charge on any atom is 0.186 e. The normalized spacial score (nSPS) is 11.5. The van der Waals surface area contributed by atoms with Crippen molar-refractivity contribution in [3.05, 3.63) is 35.9 Å². The summed E-state index contributed by atoms with van der Waals surface area (Å²) < 4.78 is 0. The lowest BCUT2D eigenvalue weighted by Gasteiger charge is -2.12. The second-order valence-corrected chi connectivity index (χ2v) is 7.45. The standard InChI is InChI=1S/C9H14OSi/c1-11(2,10)8-9-6-4-3-5-7-9/h3-7,10H,8H2,1-2H3. The lowest BCUT2D eigenvalue weighted by Crippen LogP contribution is -2.28. The Morgan fingerprint density at radius 1 is 1.18 bits per heavy atom. The molecule has 11 heavy (non-hydrogen) atoms. The predicted octanol–water partition coefficient (Wildman–Crippen LogP) is 1.97. The van der Waals surface area contributed by atoms with Crippen molar-refractivity contribution in [1.82, 2.24) is 0 Å². The van der Waals surface area contributed by atoms with Gasteiger partial charge in [0, 0.05) is 0 Å². The summed E-state index contributed by atoms with van der Waals surface area (Å²) in [5.74, 6) is 0. The number of hydrogen-bond acceptors (Lipinski definition) is 1. The van der Waals surface area contributed by atoms with Crippen LogP contribution in [0.4, 0.5) is 0 Å². The maximum absolute atomic E-state index is 9.61. The van der Waals surface area contributed by atoms with Gasteiger partial charge in [-0.2, -0.15) is 0 Å². The summed E-state index contributed by atoms with van der Waals surface area (Å²) in [7, 11) is -1.90. The van der Waals surface area contributed by atoms with Crippen LogP contribution >= 0.6 is 0 Å². The second kappa shape index (κ2) is 3.20. The molecule has 1 rings (SSSR count). The zero-order valence-electron chi connectivity index (χ0n) is 7.04. The summed E-state index contributed by atoms with van der Waals surface area (Å²) >= 11 is 0. The van der Waals surface area contributed by atoms with Gasteiger partial charge in [0.1, 0.15) is 0 Å². The fourth-order valence-electron chi connectivity index (χ4n) is 1.10. The topological polar surface area (TPSA) is 20.2 Å². The molecule has 1 aromatic rings. The highest BCUT2D eigenvalue weighted by molar-refractivity contribution is 6.69. The monoisotopic (exact) mass is 166 g/mol. The molecule has 1 aromatic carbocycles. The summed E-state index contributed by atoms with van der Waals surface area (Å²) in [4.78, 5) is 9.61. The fraction of sp³-hybridized carbons (Fsp3) is 0.333. The van der Waals surface area contributed by atoms with E-state index in [1.807, 2.05) is 31.3 Å². The van der Waals surface area contributed by atoms with Crippen LogP contribution in [0.3, 0.4) is 0 Å². The van der Waals surface area contributed by atoms with Crippen LogP contribution in [-0.2, 0) is 6.04 Å². The zero-order chi connectivity index (χ0) is 8.32. The zero-order valence-corrected chi connectivity index (χ0v) is 8.04. The molecule has 2 heteroatoms. The molecule has 0 amide bonds. The SMILES string of the molecule is C[Si](C)(O)Cc1ccccc1. The molecule has 0 aliphatic carbocycles. The van der Waals surface area contributed by atoms with Crippen LogP contribution in [0.15, 0.2) is 30.3 Å². The van der Waals surface area contributed by atoms with Gasteiger partial charge in [-0.25, -0.2) is 0 Å². The van der Waals surface area contributed by atoms with Crippen LogP contribution in [0.25, 0.3) is 0 Å². The molecule has 0 aromatic heterocycles. The van der Waals surface area contributed by atoms with E-state index in [2.05, 4.69) is 12.1 Å². The molecule has 0 unspecified atom stereocenters. The van der Waals surface area contributed by atoms with Crippen LogP contribution in [-0.4, -0.2) is 13.1 Å². The highest BCUT2D eigenvalue weighted by Gasteiger charge is 2.16. The van der Waals surface area contributed by atoms with E-state index in [1.54, 1.807) is 0 Å². The molecule has 0 saturated carbocycles. The molecule has 0 atom stereocenters. The van der Waals surface area contributed by atoms with Gasteiger partial charge in [0.05, 0.1) is 0 Å². The second-order valence-electron chi connectivity index (χ2n) is 3.47. The van der Waals surface area contributed by atoms with E-state index in [-0.39, 0.29) is 0 Å². The van der Waals surface area contributed by atoms with E-state index in [9.17, 15) is 4.80 Å². The van der Waals surface area contributed by atoms with Crippen LogP contribution in [0.1, 0.15) is 5.56 Å². The molecule has 0 heterocycles. The van der Waals surface area contributed by atoms with E-state index in [1.165, 1.54) is 5.56 Å². The van der Waals surface area contributed by atoms with Crippen molar-refractivity contribution in [2.24, 2.45) is 0 Å². The Morgan fingerprint density at radius 3 is 2.18 bits per heavy atom. The Labute approximate surface area is 68.8 Å². The number of benzene rings is 1. The fourth-order valence-corrected chi connectivity index (χ4v) is 2.33. The Kier molecular flexibility index (Phi) is 2.47. The van der Waals surface area contributed by atoms with Gasteiger partial charge in [0.2, 0.25) is 0 Å². The van der Waals surface area contributed by atoms with Crippen LogP contribution in [0.5, 0.6) is 0 Å². The summed E-state index contributed by atoms with van der Waals surface area (Å²) in [5, 5.41) is 0. The first-order chi connectivity index (χ1) is 5.08. The van der Waals surface area contributed by atoms with Crippen molar-refractivity contribution in [1.29, 1.82) is 0 Å². The third-order valence-electron chi connectivity index (χ3n) is 1.48. The van der Waals surface area contributed by atoms with Crippen molar-refractivity contribution in [3.8, 4) is 0 Å². The van der Waals surface area contributed by atoms with Crippen LogP contribution in [0, 0.1) is 0 Å². The van der Waals surface area contributed by atoms with Gasteiger partial charge in [0.15, 0.2) is 8.32 Å². The quantitative estimate of drug-likeness (QED) is 0.666. The third-order valence-corrected chi connectivity index (χ3v) is 2.75. The van der Waals surface area contributed by atoms with E-state index in [4.69, 9.17) is 0 Å². The molecule has 0 aliphatic heterocycles. The Bertz CT molecular complexity index is 213. The molecule has 0 bridgehead atoms. The average Bonchev–Trinajstić information content (AvgIpc) is 1.85. The van der Waals surface area contributed by atoms with Gasteiger partial charge in [-0.05, 0) is 24.7 Å². The van der Waals surface area contributed by atoms with Gasteiger partial charge >= 0.3 is 0 Å². The van der Waals surface area contributed by atoms with E-state index >= 15 is 0 Å². The minimum Gasteiger partial charge on any atom is -0.432 e. The first-order valence-electron chi connectivity index (χ1n) is 3.84. The smallest absolute Gasteiger partial charge is 0.186 e. The van der Waals surface area contributed by atoms with Crippen molar-refractivity contribution in [2.45, 2.75) is 19.1 Å². The van der Waals surface area contributed by atoms with Gasteiger partial charge in [-0.1, -0.05) is 30.3 Å².